The number of fused-ring (bicyclic) bond motifs is 1. The first kappa shape index (κ1) is 12.5. The van der Waals surface area contributed by atoms with Crippen molar-refractivity contribution >= 4 is 18.2 Å². The topological polar surface area (TPSA) is 0 Å². The van der Waals surface area contributed by atoms with Crippen molar-refractivity contribution in [3.63, 3.8) is 0 Å². The molecule has 0 saturated heterocycles. The molecule has 0 spiro atoms. The van der Waals surface area contributed by atoms with E-state index in [0.29, 0.717) is 0 Å². The maximum atomic E-state index is 4.57. The van der Waals surface area contributed by atoms with Gasteiger partial charge < -0.3 is 0 Å². The van der Waals surface area contributed by atoms with Gasteiger partial charge in [0.25, 0.3) is 0 Å². The van der Waals surface area contributed by atoms with E-state index < -0.39 is 0 Å². The van der Waals surface area contributed by atoms with Crippen LogP contribution in [0.3, 0.4) is 0 Å². The Morgan fingerprint density at radius 3 is 2.82 bits per heavy atom. The van der Waals surface area contributed by atoms with Gasteiger partial charge >= 0.3 is 0 Å². The average molecular weight is 244 g/mol. The van der Waals surface area contributed by atoms with E-state index in [1.807, 2.05) is 0 Å². The molecule has 1 aliphatic carbocycles. The van der Waals surface area contributed by atoms with Crippen LogP contribution in [0.5, 0.6) is 0 Å². The Morgan fingerprint density at radius 1 is 1.29 bits per heavy atom. The normalized spacial score (nSPS) is 14.8. The summed E-state index contributed by atoms with van der Waals surface area (Å²) in [7, 11) is 0. The van der Waals surface area contributed by atoms with Crippen LogP contribution in [-0.4, -0.2) is 0 Å². The Morgan fingerprint density at radius 2 is 2.12 bits per heavy atom. The highest BCUT2D eigenvalue weighted by molar-refractivity contribution is 7.80. The fraction of sp³-hybridized carbons (Fsp3) is 0.375. The molecule has 0 radical (unpaired) electrons. The quantitative estimate of drug-likeness (QED) is 0.704. The fourth-order valence-electron chi connectivity index (χ4n) is 2.48. The average Bonchev–Trinajstić information content (AvgIpc) is 2.69. The van der Waals surface area contributed by atoms with Gasteiger partial charge in [-0.3, -0.25) is 0 Å². The Hall–Kier alpha value is -0.950. The molecule has 0 aliphatic heterocycles. The predicted molar refractivity (Wildman–Crippen MR) is 78.7 cm³/mol. The van der Waals surface area contributed by atoms with Crippen molar-refractivity contribution in [2.75, 3.05) is 0 Å². The number of benzene rings is 1. The molecule has 17 heavy (non-hydrogen) atoms. The summed E-state index contributed by atoms with van der Waals surface area (Å²) < 4.78 is 0. The number of hydrogen-bond acceptors (Lipinski definition) is 1. The highest BCUT2D eigenvalue weighted by Crippen LogP contribution is 2.38. The highest BCUT2D eigenvalue weighted by atomic mass is 32.1. The summed E-state index contributed by atoms with van der Waals surface area (Å²) in [6.45, 7) is 4.46. The summed E-state index contributed by atoms with van der Waals surface area (Å²) in [4.78, 5) is 1.13. The maximum absolute atomic E-state index is 4.57. The number of unbranched alkanes of at least 4 members (excludes halogenated alkanes) is 1. The minimum Gasteiger partial charge on any atom is -0.143 e. The van der Waals surface area contributed by atoms with Crippen molar-refractivity contribution in [1.29, 1.82) is 0 Å². The van der Waals surface area contributed by atoms with Gasteiger partial charge in [-0.05, 0) is 47.6 Å². The van der Waals surface area contributed by atoms with E-state index in [2.05, 4.69) is 56.8 Å². The van der Waals surface area contributed by atoms with Gasteiger partial charge in [0.2, 0.25) is 0 Å². The Kier molecular flexibility index (Phi) is 4.11. The van der Waals surface area contributed by atoms with Crippen molar-refractivity contribution in [1.82, 2.24) is 0 Å². The first-order valence-electron chi connectivity index (χ1n) is 6.47. The van der Waals surface area contributed by atoms with Gasteiger partial charge in [0.05, 0.1) is 0 Å². The van der Waals surface area contributed by atoms with Crippen LogP contribution >= 0.6 is 12.6 Å². The van der Waals surface area contributed by atoms with Gasteiger partial charge in [0.15, 0.2) is 0 Å². The molecule has 1 heteroatoms. The van der Waals surface area contributed by atoms with Crippen LogP contribution in [-0.2, 0) is 6.42 Å². The molecule has 1 aromatic rings. The van der Waals surface area contributed by atoms with Crippen LogP contribution in [0.2, 0.25) is 0 Å². The lowest BCUT2D eigenvalue weighted by atomic mass is 10.0. The zero-order valence-corrected chi connectivity index (χ0v) is 11.6. The van der Waals surface area contributed by atoms with Crippen LogP contribution in [0, 0.1) is 0 Å². The molecule has 0 bridgehead atoms. The largest absolute Gasteiger partial charge is 0.143 e. The minimum atomic E-state index is 1.05. The molecule has 0 saturated carbocycles. The van der Waals surface area contributed by atoms with Crippen LogP contribution < -0.4 is 0 Å². The van der Waals surface area contributed by atoms with Crippen LogP contribution in [0.4, 0.5) is 0 Å². The maximum Gasteiger partial charge on any atom is 0.00815 e. The van der Waals surface area contributed by atoms with Gasteiger partial charge in [0, 0.05) is 4.90 Å². The molecule has 1 aromatic carbocycles. The lowest BCUT2D eigenvalue weighted by molar-refractivity contribution is 0.956. The van der Waals surface area contributed by atoms with Crippen LogP contribution in [0.15, 0.2) is 40.8 Å². The molecule has 0 nitrogen and oxygen atoms in total. The summed E-state index contributed by atoms with van der Waals surface area (Å²) in [6.07, 6.45) is 9.17. The van der Waals surface area contributed by atoms with Crippen LogP contribution in [0.1, 0.15) is 44.2 Å². The number of allylic oxidation sites excluding steroid dienone is 4. The summed E-state index contributed by atoms with van der Waals surface area (Å²) in [5.41, 5.74) is 5.81. The molecule has 1 aliphatic rings. The van der Waals surface area contributed by atoms with E-state index in [1.165, 1.54) is 35.1 Å². The Balaban J connectivity index is 2.33. The number of hydrogen-bond donors (Lipinski definition) is 1. The number of rotatable bonds is 4. The zero-order valence-electron chi connectivity index (χ0n) is 10.7. The van der Waals surface area contributed by atoms with E-state index >= 15 is 0 Å². The molecule has 0 fully saturated rings. The summed E-state index contributed by atoms with van der Waals surface area (Å²) in [5, 5.41) is 0. The third kappa shape index (κ3) is 2.50. The van der Waals surface area contributed by atoms with Crippen molar-refractivity contribution in [3.05, 3.63) is 47.1 Å². The van der Waals surface area contributed by atoms with E-state index in [1.54, 1.807) is 0 Å². The van der Waals surface area contributed by atoms with Gasteiger partial charge in [-0.15, -0.1) is 12.6 Å². The molecule has 0 unspecified atom stereocenters. The summed E-state index contributed by atoms with van der Waals surface area (Å²) >= 11 is 4.57. The molecule has 2 rings (SSSR count). The fourth-order valence-corrected chi connectivity index (χ4v) is 2.77. The summed E-state index contributed by atoms with van der Waals surface area (Å²) in [6, 6.07) is 6.43. The first-order chi connectivity index (χ1) is 8.27. The second-order valence-electron chi connectivity index (χ2n) is 4.53. The molecule has 0 heterocycles. The van der Waals surface area contributed by atoms with Crippen molar-refractivity contribution in [2.45, 2.75) is 44.4 Å². The van der Waals surface area contributed by atoms with Crippen molar-refractivity contribution in [3.8, 4) is 0 Å². The zero-order chi connectivity index (χ0) is 12.3. The standard InChI is InChI=1S/C16H20S/c1-3-5-6-8-12-11-15-14(13(12)4-2)9-7-10-16(15)17/h6-10,17H,3-5,11H2,1-2H3/b8-6-. The lowest BCUT2D eigenvalue weighted by Gasteiger charge is -2.04. The molecule has 0 N–H and O–H groups in total. The van der Waals surface area contributed by atoms with Gasteiger partial charge in [0.1, 0.15) is 0 Å². The van der Waals surface area contributed by atoms with Crippen LogP contribution in [0.25, 0.3) is 5.57 Å². The van der Waals surface area contributed by atoms with Gasteiger partial charge in [-0.2, -0.15) is 0 Å². The van der Waals surface area contributed by atoms with E-state index in [0.717, 1.165) is 17.7 Å². The van der Waals surface area contributed by atoms with E-state index in [-0.39, 0.29) is 0 Å². The Bertz CT molecular complexity index is 466. The lowest BCUT2D eigenvalue weighted by Crippen LogP contribution is -1.85. The molecule has 0 aromatic heterocycles. The highest BCUT2D eigenvalue weighted by Gasteiger charge is 2.19. The minimum absolute atomic E-state index is 1.05. The predicted octanol–water partition coefficient (Wildman–Crippen LogP) is 5.05. The second-order valence-corrected chi connectivity index (χ2v) is 5.01. The second kappa shape index (κ2) is 5.59. The van der Waals surface area contributed by atoms with E-state index in [4.69, 9.17) is 0 Å². The third-order valence-corrected chi connectivity index (χ3v) is 3.78. The van der Waals surface area contributed by atoms with Crippen molar-refractivity contribution < 1.29 is 0 Å². The Labute approximate surface area is 110 Å². The van der Waals surface area contributed by atoms with E-state index in [9.17, 15) is 0 Å². The third-order valence-electron chi connectivity index (χ3n) is 3.36. The molecular weight excluding hydrogens is 224 g/mol. The van der Waals surface area contributed by atoms with Crippen molar-refractivity contribution in [2.24, 2.45) is 0 Å². The molecule has 0 amide bonds. The smallest absolute Gasteiger partial charge is 0.00815 e. The van der Waals surface area contributed by atoms with Gasteiger partial charge in [-0.1, -0.05) is 44.6 Å². The SMILES string of the molecule is CCC/C=C\C1=C(CC)c2cccc(S)c2C1. The first-order valence-corrected chi connectivity index (χ1v) is 6.92. The summed E-state index contributed by atoms with van der Waals surface area (Å²) in [5.74, 6) is 0. The molecule has 0 atom stereocenters. The molecule has 90 valence electrons. The molecular formula is C16H20S. The van der Waals surface area contributed by atoms with Gasteiger partial charge in [-0.25, -0.2) is 0 Å². The number of thiol groups is 1. The monoisotopic (exact) mass is 244 g/mol.